The lowest BCUT2D eigenvalue weighted by Crippen LogP contribution is -2.18. The molecule has 2 N–H and O–H groups in total. The maximum atomic E-state index is 12.5. The molecular formula is C23H22ClN5O3. The molecule has 1 atom stereocenters. The van der Waals surface area contributed by atoms with Gasteiger partial charge in [0.25, 0.3) is 5.56 Å². The summed E-state index contributed by atoms with van der Waals surface area (Å²) >= 11 is 6.20. The van der Waals surface area contributed by atoms with Gasteiger partial charge in [-0.2, -0.15) is 5.10 Å². The molecule has 1 unspecified atom stereocenters. The number of ether oxygens (including phenoxy) is 2. The summed E-state index contributed by atoms with van der Waals surface area (Å²) in [6.45, 7) is 0.754. The number of para-hydroxylation sites is 1. The van der Waals surface area contributed by atoms with Gasteiger partial charge in [-0.1, -0.05) is 23.7 Å². The fraction of sp³-hybridized carbons (Fsp3) is 0.261. The van der Waals surface area contributed by atoms with Crippen LogP contribution in [-0.2, 0) is 4.74 Å². The van der Waals surface area contributed by atoms with Crippen molar-refractivity contribution in [3.8, 4) is 16.9 Å². The number of H-pyrrole nitrogens is 1. The van der Waals surface area contributed by atoms with E-state index in [4.69, 9.17) is 21.1 Å². The highest BCUT2D eigenvalue weighted by Crippen LogP contribution is 2.39. The van der Waals surface area contributed by atoms with E-state index < -0.39 is 0 Å². The van der Waals surface area contributed by atoms with E-state index in [1.54, 1.807) is 25.4 Å². The smallest absolute Gasteiger partial charge is 0.259 e. The number of rotatable bonds is 5. The summed E-state index contributed by atoms with van der Waals surface area (Å²) in [4.78, 5) is 19.4. The molecule has 0 saturated carbocycles. The lowest BCUT2D eigenvalue weighted by molar-refractivity contribution is -0.0394. The van der Waals surface area contributed by atoms with E-state index in [1.165, 1.54) is 0 Å². The van der Waals surface area contributed by atoms with Crippen LogP contribution in [-0.4, -0.2) is 33.5 Å². The summed E-state index contributed by atoms with van der Waals surface area (Å²) in [7, 11) is 1.61. The van der Waals surface area contributed by atoms with Crippen molar-refractivity contribution in [2.45, 2.75) is 25.5 Å². The fourth-order valence-corrected chi connectivity index (χ4v) is 4.25. The summed E-state index contributed by atoms with van der Waals surface area (Å²) in [5, 5.41) is 8.53. The van der Waals surface area contributed by atoms with Crippen molar-refractivity contribution in [3.63, 3.8) is 0 Å². The van der Waals surface area contributed by atoms with Gasteiger partial charge in [-0.15, -0.1) is 0 Å². The number of aromatic amines is 1. The minimum absolute atomic E-state index is 0.0400. The van der Waals surface area contributed by atoms with Crippen molar-refractivity contribution in [1.82, 2.24) is 19.7 Å². The monoisotopic (exact) mass is 451 g/mol. The second kappa shape index (κ2) is 8.64. The highest BCUT2D eigenvalue weighted by atomic mass is 35.5. The van der Waals surface area contributed by atoms with Crippen LogP contribution in [0.4, 0.5) is 11.4 Å². The molecular weight excluding hydrogens is 430 g/mol. The molecule has 5 rings (SSSR count). The highest BCUT2D eigenvalue weighted by molar-refractivity contribution is 6.30. The Balaban J connectivity index is 1.54. The molecule has 164 valence electrons. The molecule has 9 heteroatoms. The number of methoxy groups -OCH3 is 1. The number of anilines is 2. The van der Waals surface area contributed by atoms with E-state index in [0.717, 1.165) is 37.0 Å². The molecule has 1 aromatic carbocycles. The van der Waals surface area contributed by atoms with Crippen LogP contribution in [0.1, 0.15) is 25.5 Å². The number of nitrogens with zero attached hydrogens (tertiary/aromatic N) is 3. The largest absolute Gasteiger partial charge is 0.494 e. The molecule has 1 aliphatic rings. The highest BCUT2D eigenvalue weighted by Gasteiger charge is 2.19. The first kappa shape index (κ1) is 20.5. The molecule has 1 aliphatic heterocycles. The number of hydrogen-bond acceptors (Lipinski definition) is 6. The van der Waals surface area contributed by atoms with Gasteiger partial charge >= 0.3 is 0 Å². The van der Waals surface area contributed by atoms with Gasteiger partial charge in [-0.3, -0.25) is 4.79 Å². The number of hydrogen-bond donors (Lipinski definition) is 2. The van der Waals surface area contributed by atoms with Gasteiger partial charge in [0, 0.05) is 30.1 Å². The Morgan fingerprint density at radius 3 is 3.00 bits per heavy atom. The Morgan fingerprint density at radius 2 is 2.19 bits per heavy atom. The van der Waals surface area contributed by atoms with Crippen molar-refractivity contribution in [2.75, 3.05) is 19.0 Å². The molecule has 0 spiro atoms. The third kappa shape index (κ3) is 3.83. The Kier molecular flexibility index (Phi) is 5.55. The molecule has 3 aromatic heterocycles. The van der Waals surface area contributed by atoms with E-state index in [0.29, 0.717) is 28.0 Å². The SMILES string of the molecule is COc1c(Nc2cc(Cl)nc3cc[nH]c(=O)c23)cccc1-c1cnn(C2CCCCO2)c1. The van der Waals surface area contributed by atoms with E-state index in [1.807, 2.05) is 35.3 Å². The molecule has 4 heterocycles. The number of fused-ring (bicyclic) bond motifs is 1. The lowest BCUT2D eigenvalue weighted by atomic mass is 10.1. The molecule has 32 heavy (non-hydrogen) atoms. The summed E-state index contributed by atoms with van der Waals surface area (Å²) < 4.78 is 13.5. The zero-order valence-corrected chi connectivity index (χ0v) is 18.2. The minimum Gasteiger partial charge on any atom is -0.494 e. The van der Waals surface area contributed by atoms with Crippen LogP contribution >= 0.6 is 11.6 Å². The predicted molar refractivity (Wildman–Crippen MR) is 124 cm³/mol. The minimum atomic E-state index is -0.252. The Bertz CT molecular complexity index is 1330. The van der Waals surface area contributed by atoms with Crippen molar-refractivity contribution < 1.29 is 9.47 Å². The maximum absolute atomic E-state index is 12.5. The number of pyridine rings is 2. The zero-order chi connectivity index (χ0) is 22.1. The van der Waals surface area contributed by atoms with Gasteiger partial charge in [0.2, 0.25) is 0 Å². The maximum Gasteiger partial charge on any atom is 0.259 e. The van der Waals surface area contributed by atoms with Crippen LogP contribution in [0.5, 0.6) is 5.75 Å². The third-order valence-corrected chi connectivity index (χ3v) is 5.74. The first-order chi connectivity index (χ1) is 15.6. The molecule has 1 fully saturated rings. The molecule has 0 radical (unpaired) electrons. The van der Waals surface area contributed by atoms with Gasteiger partial charge in [0.1, 0.15) is 17.1 Å². The van der Waals surface area contributed by atoms with Crippen LogP contribution in [0, 0.1) is 0 Å². The quantitative estimate of drug-likeness (QED) is 0.419. The van der Waals surface area contributed by atoms with Crippen LogP contribution < -0.4 is 15.6 Å². The number of benzene rings is 1. The first-order valence-corrected chi connectivity index (χ1v) is 10.8. The number of nitrogens with one attached hydrogen (secondary N) is 2. The third-order valence-electron chi connectivity index (χ3n) is 5.55. The molecule has 0 bridgehead atoms. The van der Waals surface area contributed by atoms with Crippen molar-refractivity contribution in [3.05, 3.63) is 64.4 Å². The second-order valence-electron chi connectivity index (χ2n) is 7.60. The summed E-state index contributed by atoms with van der Waals surface area (Å²) in [6, 6.07) is 9.11. The zero-order valence-electron chi connectivity index (χ0n) is 17.5. The normalized spacial score (nSPS) is 16.2. The van der Waals surface area contributed by atoms with Gasteiger partial charge in [0.15, 0.2) is 0 Å². The second-order valence-corrected chi connectivity index (χ2v) is 7.99. The lowest BCUT2D eigenvalue weighted by Gasteiger charge is -2.22. The Labute approximate surface area is 189 Å². The van der Waals surface area contributed by atoms with Crippen LogP contribution in [0.3, 0.4) is 0 Å². The van der Waals surface area contributed by atoms with Crippen molar-refractivity contribution in [1.29, 1.82) is 0 Å². The Hall–Kier alpha value is -3.36. The standard InChI is InChI=1S/C23H22ClN5O3/c1-31-22-15(14-12-26-29(13-14)20-7-2-3-10-32-20)5-4-6-17(22)27-18-11-19(24)28-16-8-9-25-23(30)21(16)18/h4-6,8-9,11-13,20H,2-3,7,10H2,1H3,(H,25,30)(H,27,28). The molecule has 0 aliphatic carbocycles. The van der Waals surface area contributed by atoms with Crippen molar-refractivity contribution in [2.24, 2.45) is 0 Å². The molecule has 1 saturated heterocycles. The predicted octanol–water partition coefficient (Wildman–Crippen LogP) is 4.89. The average molecular weight is 452 g/mol. The fourth-order valence-electron chi connectivity index (χ4n) is 4.05. The van der Waals surface area contributed by atoms with Gasteiger partial charge in [-0.05, 0) is 37.5 Å². The van der Waals surface area contributed by atoms with Crippen LogP contribution in [0.25, 0.3) is 22.0 Å². The van der Waals surface area contributed by atoms with Gasteiger partial charge < -0.3 is 19.8 Å². The van der Waals surface area contributed by atoms with E-state index in [9.17, 15) is 4.79 Å². The summed E-state index contributed by atoms with van der Waals surface area (Å²) in [5.41, 5.74) is 3.28. The molecule has 8 nitrogen and oxygen atoms in total. The average Bonchev–Trinajstić information content (AvgIpc) is 3.29. The molecule has 4 aromatic rings. The summed E-state index contributed by atoms with van der Waals surface area (Å²) in [5.74, 6) is 0.630. The van der Waals surface area contributed by atoms with E-state index in [2.05, 4.69) is 20.4 Å². The Morgan fingerprint density at radius 1 is 1.28 bits per heavy atom. The number of aromatic nitrogens is 4. The van der Waals surface area contributed by atoms with Gasteiger partial charge in [-0.25, -0.2) is 9.67 Å². The summed E-state index contributed by atoms with van der Waals surface area (Å²) in [6.07, 6.45) is 8.45. The van der Waals surface area contributed by atoms with E-state index in [-0.39, 0.29) is 16.9 Å². The van der Waals surface area contributed by atoms with Crippen molar-refractivity contribution >= 4 is 33.9 Å². The first-order valence-electron chi connectivity index (χ1n) is 10.4. The number of halogens is 1. The van der Waals surface area contributed by atoms with E-state index >= 15 is 0 Å². The van der Waals surface area contributed by atoms with Gasteiger partial charge in [0.05, 0.1) is 35.6 Å². The van der Waals surface area contributed by atoms with Crippen LogP contribution in [0.2, 0.25) is 5.15 Å². The topological polar surface area (TPSA) is 94.1 Å². The van der Waals surface area contributed by atoms with Crippen LogP contribution in [0.15, 0.2) is 53.7 Å². The molecule has 0 amide bonds.